The highest BCUT2D eigenvalue weighted by molar-refractivity contribution is 5.79. The van der Waals surface area contributed by atoms with Gasteiger partial charge >= 0.3 is 5.69 Å². The summed E-state index contributed by atoms with van der Waals surface area (Å²) in [5.41, 5.74) is -0.103. The first kappa shape index (κ1) is 19.1. The van der Waals surface area contributed by atoms with Crippen molar-refractivity contribution >= 4 is 16.9 Å². The molecule has 1 aliphatic rings. The summed E-state index contributed by atoms with van der Waals surface area (Å²) in [6.07, 6.45) is 5.60. The number of carbonyl (C=O) groups is 1. The number of halogens is 1. The van der Waals surface area contributed by atoms with Gasteiger partial charge in [-0.2, -0.15) is 5.10 Å². The number of aromatic nitrogens is 4. The Kier molecular flexibility index (Phi) is 5.04. The van der Waals surface area contributed by atoms with E-state index in [1.807, 2.05) is 0 Å². The number of fused-ring (bicyclic) bond motifs is 1. The average Bonchev–Trinajstić information content (AvgIpc) is 3.33. The third kappa shape index (κ3) is 3.85. The van der Waals surface area contributed by atoms with Gasteiger partial charge < -0.3 is 5.32 Å². The molecule has 4 rings (SSSR count). The van der Waals surface area contributed by atoms with E-state index in [9.17, 15) is 18.8 Å². The van der Waals surface area contributed by atoms with E-state index in [1.54, 1.807) is 13.2 Å². The van der Waals surface area contributed by atoms with Crippen LogP contribution in [0.2, 0.25) is 0 Å². The average molecular weight is 399 g/mol. The van der Waals surface area contributed by atoms with Crippen LogP contribution in [0.4, 0.5) is 4.39 Å². The lowest BCUT2D eigenvalue weighted by atomic mass is 10.2. The highest BCUT2D eigenvalue weighted by Gasteiger charge is 2.21. The predicted octanol–water partition coefficient (Wildman–Crippen LogP) is 1.14. The fourth-order valence-corrected chi connectivity index (χ4v) is 3.84. The molecule has 0 radical (unpaired) electrons. The third-order valence-electron chi connectivity index (χ3n) is 5.29. The summed E-state index contributed by atoms with van der Waals surface area (Å²) in [6, 6.07) is 5.70. The maximum Gasteiger partial charge on any atom is 0.332 e. The first-order valence-corrected chi connectivity index (χ1v) is 9.63. The molecule has 0 bridgehead atoms. The van der Waals surface area contributed by atoms with Crippen molar-refractivity contribution in [3.8, 4) is 0 Å². The smallest absolute Gasteiger partial charge is 0.332 e. The molecule has 3 aromatic rings. The summed E-state index contributed by atoms with van der Waals surface area (Å²) in [4.78, 5) is 38.5. The van der Waals surface area contributed by atoms with E-state index in [2.05, 4.69) is 10.4 Å². The minimum absolute atomic E-state index is 0.0330. The lowest BCUT2D eigenvalue weighted by Crippen LogP contribution is -2.44. The molecule has 1 saturated carbocycles. The van der Waals surface area contributed by atoms with Gasteiger partial charge in [0.05, 0.1) is 12.1 Å². The monoisotopic (exact) mass is 399 g/mol. The lowest BCUT2D eigenvalue weighted by Gasteiger charge is -2.14. The van der Waals surface area contributed by atoms with Crippen LogP contribution >= 0.6 is 0 Å². The number of carbonyl (C=O) groups excluding carboxylic acids is 1. The summed E-state index contributed by atoms with van der Waals surface area (Å²) in [6.45, 7) is -0.226. The van der Waals surface area contributed by atoms with E-state index in [4.69, 9.17) is 0 Å². The second-order valence-electron chi connectivity index (χ2n) is 7.47. The molecular formula is C20H22FN5O3. The number of nitrogens with zero attached hydrogens (tertiary/aromatic N) is 4. The molecule has 2 aromatic heterocycles. The molecule has 152 valence electrons. The van der Waals surface area contributed by atoms with E-state index in [1.165, 1.54) is 33.5 Å². The van der Waals surface area contributed by atoms with Crippen LogP contribution in [0.25, 0.3) is 11.0 Å². The predicted molar refractivity (Wildman–Crippen MR) is 105 cm³/mol. The summed E-state index contributed by atoms with van der Waals surface area (Å²) in [5.74, 6) is -0.668. The van der Waals surface area contributed by atoms with Crippen LogP contribution in [-0.2, 0) is 24.9 Å². The van der Waals surface area contributed by atoms with Crippen molar-refractivity contribution in [3.05, 3.63) is 62.7 Å². The molecule has 0 aliphatic heterocycles. The van der Waals surface area contributed by atoms with Crippen molar-refractivity contribution in [2.45, 2.75) is 44.8 Å². The lowest BCUT2D eigenvalue weighted by molar-refractivity contribution is -0.122. The SMILES string of the molecule is Cn1cc2c(n1)c(=O)n(Cc1ccc(F)cc1)c(=O)n2CC(=O)NC1CCCC1. The van der Waals surface area contributed by atoms with Gasteiger partial charge in [-0.15, -0.1) is 0 Å². The zero-order valence-electron chi connectivity index (χ0n) is 16.1. The van der Waals surface area contributed by atoms with Gasteiger partial charge in [-0.1, -0.05) is 25.0 Å². The molecule has 1 fully saturated rings. The number of aryl methyl sites for hydroxylation is 1. The molecule has 0 atom stereocenters. The van der Waals surface area contributed by atoms with Gasteiger partial charge in [-0.3, -0.25) is 23.4 Å². The Labute approximate surface area is 165 Å². The van der Waals surface area contributed by atoms with E-state index in [-0.39, 0.29) is 30.6 Å². The summed E-state index contributed by atoms with van der Waals surface area (Å²) < 4.78 is 16.9. The van der Waals surface area contributed by atoms with E-state index < -0.39 is 17.1 Å². The number of hydrogen-bond acceptors (Lipinski definition) is 4. The van der Waals surface area contributed by atoms with Gasteiger partial charge in [-0.25, -0.2) is 9.18 Å². The quantitative estimate of drug-likeness (QED) is 0.697. The van der Waals surface area contributed by atoms with Gasteiger partial charge in [0.15, 0.2) is 5.52 Å². The molecule has 8 nitrogen and oxygen atoms in total. The van der Waals surface area contributed by atoms with Crippen molar-refractivity contribution < 1.29 is 9.18 Å². The number of amides is 1. The van der Waals surface area contributed by atoms with Crippen LogP contribution in [0.5, 0.6) is 0 Å². The normalized spacial score (nSPS) is 14.6. The molecule has 2 heterocycles. The third-order valence-corrected chi connectivity index (χ3v) is 5.29. The van der Waals surface area contributed by atoms with Gasteiger partial charge in [0, 0.05) is 19.3 Å². The molecule has 1 amide bonds. The molecule has 9 heteroatoms. The van der Waals surface area contributed by atoms with E-state index in [0.717, 1.165) is 30.3 Å². The maximum absolute atomic E-state index is 13.2. The molecule has 1 aliphatic carbocycles. The van der Waals surface area contributed by atoms with Gasteiger partial charge in [0.25, 0.3) is 5.56 Å². The molecule has 0 saturated heterocycles. The van der Waals surface area contributed by atoms with Crippen LogP contribution in [0.3, 0.4) is 0 Å². The fraction of sp³-hybridized carbons (Fsp3) is 0.400. The van der Waals surface area contributed by atoms with Gasteiger partial charge in [-0.05, 0) is 30.5 Å². The summed E-state index contributed by atoms with van der Waals surface area (Å²) >= 11 is 0. The molecule has 0 spiro atoms. The second-order valence-corrected chi connectivity index (χ2v) is 7.47. The van der Waals surface area contributed by atoms with Crippen molar-refractivity contribution in [2.75, 3.05) is 0 Å². The van der Waals surface area contributed by atoms with Crippen LogP contribution < -0.4 is 16.6 Å². The molecule has 1 N–H and O–H groups in total. The number of benzene rings is 1. The topological polar surface area (TPSA) is 90.9 Å². The summed E-state index contributed by atoms with van der Waals surface area (Å²) in [5, 5.41) is 7.13. The molecule has 29 heavy (non-hydrogen) atoms. The van der Waals surface area contributed by atoms with Crippen LogP contribution in [0, 0.1) is 5.82 Å². The largest absolute Gasteiger partial charge is 0.352 e. The van der Waals surface area contributed by atoms with Crippen molar-refractivity contribution in [3.63, 3.8) is 0 Å². The Morgan fingerprint density at radius 1 is 1.17 bits per heavy atom. The van der Waals surface area contributed by atoms with Crippen molar-refractivity contribution in [1.29, 1.82) is 0 Å². The Morgan fingerprint density at radius 2 is 1.86 bits per heavy atom. The zero-order valence-corrected chi connectivity index (χ0v) is 16.1. The van der Waals surface area contributed by atoms with Crippen LogP contribution in [-0.4, -0.2) is 30.9 Å². The highest BCUT2D eigenvalue weighted by Crippen LogP contribution is 2.17. The Morgan fingerprint density at radius 3 is 2.55 bits per heavy atom. The van der Waals surface area contributed by atoms with Gasteiger partial charge in [0.1, 0.15) is 12.4 Å². The molecule has 1 aromatic carbocycles. The number of rotatable bonds is 5. The summed E-state index contributed by atoms with van der Waals surface area (Å²) in [7, 11) is 1.65. The highest BCUT2D eigenvalue weighted by atomic mass is 19.1. The minimum Gasteiger partial charge on any atom is -0.352 e. The van der Waals surface area contributed by atoms with E-state index >= 15 is 0 Å². The maximum atomic E-state index is 13.2. The zero-order chi connectivity index (χ0) is 20.5. The minimum atomic E-state index is -0.596. The van der Waals surface area contributed by atoms with Crippen LogP contribution in [0.1, 0.15) is 31.2 Å². The van der Waals surface area contributed by atoms with Crippen molar-refractivity contribution in [1.82, 2.24) is 24.2 Å². The molecule has 0 unspecified atom stereocenters. The fourth-order valence-electron chi connectivity index (χ4n) is 3.84. The first-order chi connectivity index (χ1) is 13.9. The standard InChI is InChI=1S/C20H22FN5O3/c1-24-11-16-18(23-24)19(28)26(10-13-6-8-14(21)9-7-13)20(29)25(16)12-17(27)22-15-4-2-3-5-15/h6-9,11,15H,2-5,10,12H2,1H3,(H,22,27). The van der Waals surface area contributed by atoms with E-state index in [0.29, 0.717) is 11.1 Å². The Hall–Kier alpha value is -3.23. The second kappa shape index (κ2) is 7.65. The number of nitrogens with one attached hydrogen (secondary N) is 1. The van der Waals surface area contributed by atoms with Crippen LogP contribution in [0.15, 0.2) is 40.1 Å². The van der Waals surface area contributed by atoms with Gasteiger partial charge in [0.2, 0.25) is 5.91 Å². The Bertz CT molecular complexity index is 1170. The first-order valence-electron chi connectivity index (χ1n) is 9.63. The Balaban J connectivity index is 1.74. The number of hydrogen-bond donors (Lipinski definition) is 1. The molecular weight excluding hydrogens is 377 g/mol. The van der Waals surface area contributed by atoms with Crippen molar-refractivity contribution in [2.24, 2.45) is 7.05 Å².